The first-order chi connectivity index (χ1) is 52.5. The van der Waals surface area contributed by atoms with Crippen LogP contribution < -0.4 is 0 Å². The molecule has 0 aliphatic carbocycles. The lowest BCUT2D eigenvalue weighted by Crippen LogP contribution is -2.68. The topological polar surface area (TPSA) is 156 Å². The summed E-state index contributed by atoms with van der Waals surface area (Å²) in [6.45, 7) is 1.86. The molecule has 3 aliphatic heterocycles. The summed E-state index contributed by atoms with van der Waals surface area (Å²) < 4.78 is 109. The average Bonchev–Trinajstić information content (AvgIpc) is 0.761. The van der Waals surface area contributed by atoms with Crippen LogP contribution in [-0.2, 0) is 142 Å². The third kappa shape index (κ3) is 22.2. The maximum atomic E-state index is 13.0. The molecule has 0 saturated carbocycles. The summed E-state index contributed by atoms with van der Waals surface area (Å²) in [6, 6.07) is 99.8. The summed E-state index contributed by atoms with van der Waals surface area (Å²) in [5.41, 5.74) is 9.28. The highest BCUT2D eigenvalue weighted by atomic mass is 16.8. The van der Waals surface area contributed by atoms with E-state index < -0.39 is 91.9 Å². The van der Waals surface area contributed by atoms with Crippen LogP contribution in [0, 0.1) is 0 Å². The van der Waals surface area contributed by atoms with Gasteiger partial charge >= 0.3 is 0 Å². The summed E-state index contributed by atoms with van der Waals surface area (Å²) in [4.78, 5) is 13.0. The molecule has 10 aromatic rings. The Kier molecular flexibility index (Phi) is 29.1. The van der Waals surface area contributed by atoms with Crippen LogP contribution in [0.1, 0.15) is 62.1 Å². The van der Waals surface area contributed by atoms with Crippen LogP contribution in [0.3, 0.4) is 0 Å². The smallest absolute Gasteiger partial charge is 0.187 e. The molecule has 10 aromatic carbocycles. The van der Waals surface area contributed by atoms with Crippen molar-refractivity contribution in [1.82, 2.24) is 0 Å². The minimum Gasteiger partial charge on any atom is -0.374 e. The lowest BCUT2D eigenvalue weighted by atomic mass is 9.92. The van der Waals surface area contributed by atoms with Gasteiger partial charge < -0.3 is 75.8 Å². The molecule has 0 amide bonds. The maximum absolute atomic E-state index is 13.0. The van der Waals surface area contributed by atoms with E-state index in [1.54, 1.807) is 0 Å². The number of aldehydes is 1. The highest BCUT2D eigenvalue weighted by Crippen LogP contribution is 2.40. The second-order valence-electron chi connectivity index (χ2n) is 26.7. The van der Waals surface area contributed by atoms with E-state index in [0.29, 0.717) is 0 Å². The number of hydrogen-bond acceptors (Lipinski definition) is 16. The van der Waals surface area contributed by atoms with Gasteiger partial charge in [-0.1, -0.05) is 303 Å². The second kappa shape index (κ2) is 40.8. The van der Waals surface area contributed by atoms with Gasteiger partial charge in [-0.25, -0.2) is 0 Å². The molecule has 550 valence electrons. The van der Waals surface area contributed by atoms with E-state index in [9.17, 15) is 4.79 Å². The molecule has 3 saturated heterocycles. The zero-order valence-electron chi connectivity index (χ0n) is 59.5. The van der Waals surface area contributed by atoms with Crippen molar-refractivity contribution in [1.29, 1.82) is 0 Å². The maximum Gasteiger partial charge on any atom is 0.187 e. The van der Waals surface area contributed by atoms with Gasteiger partial charge in [0.15, 0.2) is 12.6 Å². The molecule has 3 aliphatic rings. The predicted molar refractivity (Wildman–Crippen MR) is 400 cm³/mol. The molecule has 0 radical (unpaired) electrons. The zero-order valence-corrected chi connectivity index (χ0v) is 59.5. The van der Waals surface area contributed by atoms with Gasteiger partial charge in [0, 0.05) is 6.42 Å². The van der Waals surface area contributed by atoms with Gasteiger partial charge in [-0.05, 0) is 55.6 Å². The Morgan fingerprint density at radius 3 is 0.679 bits per heavy atom. The van der Waals surface area contributed by atoms with Crippen LogP contribution in [0.15, 0.2) is 303 Å². The highest BCUT2D eigenvalue weighted by molar-refractivity contribution is 5.50. The van der Waals surface area contributed by atoms with Crippen molar-refractivity contribution in [3.05, 3.63) is 359 Å². The Morgan fingerprint density at radius 1 is 0.217 bits per heavy atom. The number of rotatable bonds is 39. The predicted octanol–water partition coefficient (Wildman–Crippen LogP) is 15.3. The number of hydrogen-bond donors (Lipinski definition) is 0. The Bertz CT molecular complexity index is 4030. The number of benzene rings is 10. The van der Waals surface area contributed by atoms with Crippen LogP contribution in [0.2, 0.25) is 0 Å². The zero-order chi connectivity index (χ0) is 72.0. The average molecular weight is 1430 g/mol. The van der Waals surface area contributed by atoms with E-state index in [2.05, 4.69) is 0 Å². The van der Waals surface area contributed by atoms with Gasteiger partial charge in [0.1, 0.15) is 79.5 Å². The van der Waals surface area contributed by atoms with Crippen molar-refractivity contribution >= 4 is 6.29 Å². The van der Waals surface area contributed by atoms with E-state index in [1.165, 1.54) is 0 Å². The van der Waals surface area contributed by atoms with Crippen molar-refractivity contribution in [2.75, 3.05) is 19.8 Å². The van der Waals surface area contributed by atoms with Gasteiger partial charge in [-0.15, -0.1) is 0 Å². The SMILES string of the molecule is O=CC[C@@H]1O[C@H](COCc2ccccc2)[C@@H](O[C@@H]2O[C@H](COCc3ccccc3)[C@H](O[C@H]3O[C@H](COCc4ccccc4)[C@H](OCc4ccccc4)[C@H](OCc4ccccc4)[C@H]3OCc3ccccc3)[C@H](OCc3ccccc3)[C@H]2OCc2ccccc2)[C@H](OCc2ccccc2)[C@H]1OCc1ccccc1. The van der Waals surface area contributed by atoms with Crippen molar-refractivity contribution in [2.24, 2.45) is 0 Å². The molecule has 3 fully saturated rings. The molecule has 0 bridgehead atoms. The quantitative estimate of drug-likeness (QED) is 0.0335. The van der Waals surface area contributed by atoms with E-state index in [0.717, 1.165) is 61.9 Å². The lowest BCUT2D eigenvalue weighted by molar-refractivity contribution is -0.389. The molecule has 16 heteroatoms. The van der Waals surface area contributed by atoms with Gasteiger partial charge in [0.2, 0.25) is 0 Å². The van der Waals surface area contributed by atoms with Crippen LogP contribution >= 0.6 is 0 Å². The van der Waals surface area contributed by atoms with E-state index in [1.807, 2.05) is 303 Å². The monoisotopic (exact) mass is 1430 g/mol. The first-order valence-corrected chi connectivity index (χ1v) is 36.7. The Hall–Kier alpha value is -8.73. The second-order valence-corrected chi connectivity index (χ2v) is 26.7. The van der Waals surface area contributed by atoms with Crippen LogP contribution in [0.4, 0.5) is 0 Å². The molecule has 15 atom stereocenters. The molecule has 0 unspecified atom stereocenters. The van der Waals surface area contributed by atoms with E-state index in [4.69, 9.17) is 71.1 Å². The third-order valence-electron chi connectivity index (χ3n) is 19.0. The Labute approximate surface area is 622 Å². The first kappa shape index (κ1) is 75.5. The van der Waals surface area contributed by atoms with Gasteiger partial charge in [0.25, 0.3) is 0 Å². The summed E-state index contributed by atoms with van der Waals surface area (Å²) in [6.07, 6.45) is -14.0. The lowest BCUT2D eigenvalue weighted by Gasteiger charge is -2.52. The molecule has 0 aromatic heterocycles. The van der Waals surface area contributed by atoms with Gasteiger partial charge in [-0.3, -0.25) is 0 Å². The normalized spacial score (nSPS) is 24.5. The largest absolute Gasteiger partial charge is 0.374 e. The van der Waals surface area contributed by atoms with Gasteiger partial charge in [0.05, 0.1) is 92.0 Å². The summed E-state index contributed by atoms with van der Waals surface area (Å²) in [5, 5.41) is 0. The minimum atomic E-state index is -1.31. The fraction of sp³-hybridized carbons (Fsp3) is 0.322. The van der Waals surface area contributed by atoms with E-state index >= 15 is 0 Å². The molecular formula is C90H94O16. The van der Waals surface area contributed by atoms with Crippen LogP contribution in [0.5, 0.6) is 0 Å². The number of ether oxygens (including phenoxy) is 15. The fourth-order valence-electron chi connectivity index (χ4n) is 13.6. The Balaban J connectivity index is 0.938. The fourth-order valence-corrected chi connectivity index (χ4v) is 13.6. The van der Waals surface area contributed by atoms with Crippen molar-refractivity contribution in [3.63, 3.8) is 0 Å². The molecular weight excluding hydrogens is 1340 g/mol. The summed E-state index contributed by atoms with van der Waals surface area (Å²) >= 11 is 0. The standard InChI is InChI=1S/C90H94O16/c91-52-51-76-80(95-56-69-37-17-4-18-38-69)84(97-58-71-41-21-6-22-42-71)82(78(102-76)64-93-54-67-33-13-2-14-34-67)105-90-88(101-62-75-49-29-10-30-50-75)86(99-60-73-45-25-8-26-46-73)83(79(104-90)65-94-55-68-35-15-3-16-36-68)106-89-87(100-61-74-47-27-9-28-48-74)85(98-59-72-43-23-7-24-44-72)81(96-57-70-39-19-5-20-40-70)77(103-89)63-92-53-66-31-11-1-12-32-66/h1-50,52,76-90H,51,53-65H2/t76-,77+,78+,79+,80-,81-,82+,83-,84+,85-,86-,87+,88+,89+,90-/m0/s1. The molecule has 16 nitrogen and oxygen atoms in total. The Morgan fingerprint density at radius 2 is 0.415 bits per heavy atom. The van der Waals surface area contributed by atoms with Crippen molar-refractivity contribution in [2.45, 2.75) is 164 Å². The summed E-state index contributed by atoms with van der Waals surface area (Å²) in [5.74, 6) is 0. The first-order valence-electron chi connectivity index (χ1n) is 36.7. The van der Waals surface area contributed by atoms with E-state index in [-0.39, 0.29) is 92.3 Å². The number of carbonyl (C=O) groups is 1. The number of carbonyl (C=O) groups excluding carboxylic acids is 1. The molecule has 13 rings (SSSR count). The highest BCUT2D eigenvalue weighted by Gasteiger charge is 2.57. The minimum absolute atomic E-state index is 0.0120. The molecule has 106 heavy (non-hydrogen) atoms. The summed E-state index contributed by atoms with van der Waals surface area (Å²) in [7, 11) is 0. The van der Waals surface area contributed by atoms with Crippen LogP contribution in [0.25, 0.3) is 0 Å². The van der Waals surface area contributed by atoms with Gasteiger partial charge in [-0.2, -0.15) is 0 Å². The van der Waals surface area contributed by atoms with Crippen molar-refractivity contribution in [3.8, 4) is 0 Å². The van der Waals surface area contributed by atoms with Crippen LogP contribution in [-0.4, -0.2) is 118 Å². The molecule has 0 N–H and O–H groups in total. The third-order valence-corrected chi connectivity index (χ3v) is 19.0. The molecule has 0 spiro atoms. The molecule has 3 heterocycles. The van der Waals surface area contributed by atoms with Crippen molar-refractivity contribution < 1.29 is 75.8 Å².